The van der Waals surface area contributed by atoms with Gasteiger partial charge in [0.2, 0.25) is 0 Å². The van der Waals surface area contributed by atoms with Crippen molar-refractivity contribution in [2.24, 2.45) is 11.1 Å². The topological polar surface area (TPSA) is 29.3 Å². The van der Waals surface area contributed by atoms with Crippen LogP contribution in [0.3, 0.4) is 0 Å². The first-order valence-electron chi connectivity index (χ1n) is 6.37. The van der Waals surface area contributed by atoms with E-state index in [0.717, 1.165) is 25.5 Å². The molecule has 2 rings (SSSR count). The summed E-state index contributed by atoms with van der Waals surface area (Å²) in [5.74, 6) is -1.01. The summed E-state index contributed by atoms with van der Waals surface area (Å²) >= 11 is 0. The van der Waals surface area contributed by atoms with Gasteiger partial charge in [0.15, 0.2) is 0 Å². The molecule has 0 amide bonds. The van der Waals surface area contributed by atoms with Crippen molar-refractivity contribution >= 4 is 0 Å². The first-order chi connectivity index (χ1) is 8.54. The molecule has 0 atom stereocenters. The van der Waals surface area contributed by atoms with Crippen molar-refractivity contribution in [2.75, 3.05) is 20.1 Å². The van der Waals surface area contributed by atoms with Crippen LogP contribution < -0.4 is 5.73 Å². The molecule has 2 N–H and O–H groups in total. The SMILES string of the molecule is CN(Cc1ccc(F)cc1F)CC1(CN)CCC1. The van der Waals surface area contributed by atoms with Gasteiger partial charge >= 0.3 is 0 Å². The molecule has 0 aromatic heterocycles. The third-order valence-electron chi connectivity index (χ3n) is 3.91. The van der Waals surface area contributed by atoms with E-state index in [1.54, 1.807) is 0 Å². The molecule has 2 nitrogen and oxygen atoms in total. The van der Waals surface area contributed by atoms with Crippen molar-refractivity contribution in [2.45, 2.75) is 25.8 Å². The van der Waals surface area contributed by atoms with E-state index in [-0.39, 0.29) is 5.41 Å². The summed E-state index contributed by atoms with van der Waals surface area (Å²) < 4.78 is 26.3. The minimum absolute atomic E-state index is 0.214. The average molecular weight is 254 g/mol. The molecule has 1 aliphatic carbocycles. The summed E-state index contributed by atoms with van der Waals surface area (Å²) in [5, 5.41) is 0. The molecule has 1 saturated carbocycles. The van der Waals surface area contributed by atoms with E-state index in [4.69, 9.17) is 5.73 Å². The van der Waals surface area contributed by atoms with Crippen molar-refractivity contribution in [1.82, 2.24) is 4.90 Å². The molecule has 0 saturated heterocycles. The third kappa shape index (κ3) is 2.87. The summed E-state index contributed by atoms with van der Waals surface area (Å²) in [6, 6.07) is 3.75. The molecule has 0 aliphatic heterocycles. The van der Waals surface area contributed by atoms with Crippen molar-refractivity contribution < 1.29 is 8.78 Å². The summed E-state index contributed by atoms with van der Waals surface area (Å²) in [6.07, 6.45) is 3.54. The zero-order valence-corrected chi connectivity index (χ0v) is 10.8. The van der Waals surface area contributed by atoms with Gasteiger partial charge in [0, 0.05) is 24.7 Å². The predicted molar refractivity (Wildman–Crippen MR) is 68.0 cm³/mol. The van der Waals surface area contributed by atoms with Gasteiger partial charge in [-0.25, -0.2) is 8.78 Å². The van der Waals surface area contributed by atoms with Crippen LogP contribution in [-0.2, 0) is 6.54 Å². The highest BCUT2D eigenvalue weighted by atomic mass is 19.1. The second kappa shape index (κ2) is 5.33. The van der Waals surface area contributed by atoms with Crippen molar-refractivity contribution in [1.29, 1.82) is 0 Å². The van der Waals surface area contributed by atoms with E-state index in [9.17, 15) is 8.78 Å². The number of nitrogens with two attached hydrogens (primary N) is 1. The molecule has 1 aliphatic rings. The molecule has 0 unspecified atom stereocenters. The van der Waals surface area contributed by atoms with Crippen LogP contribution in [0.15, 0.2) is 18.2 Å². The zero-order chi connectivity index (χ0) is 13.2. The molecule has 18 heavy (non-hydrogen) atoms. The number of nitrogens with zero attached hydrogens (tertiary/aromatic N) is 1. The smallest absolute Gasteiger partial charge is 0.130 e. The van der Waals surface area contributed by atoms with Crippen LogP contribution in [0.4, 0.5) is 8.78 Å². The minimum Gasteiger partial charge on any atom is -0.330 e. The fourth-order valence-corrected chi connectivity index (χ4v) is 2.67. The Balaban J connectivity index is 1.96. The fourth-order valence-electron chi connectivity index (χ4n) is 2.67. The van der Waals surface area contributed by atoms with Gasteiger partial charge in [0.25, 0.3) is 0 Å². The first-order valence-corrected chi connectivity index (χ1v) is 6.37. The van der Waals surface area contributed by atoms with E-state index in [0.29, 0.717) is 18.7 Å². The minimum atomic E-state index is -0.531. The second-order valence-electron chi connectivity index (χ2n) is 5.47. The van der Waals surface area contributed by atoms with Gasteiger partial charge in [-0.3, -0.25) is 0 Å². The largest absolute Gasteiger partial charge is 0.330 e. The lowest BCUT2D eigenvalue weighted by Gasteiger charge is -2.43. The van der Waals surface area contributed by atoms with Crippen LogP contribution in [-0.4, -0.2) is 25.0 Å². The van der Waals surface area contributed by atoms with E-state index < -0.39 is 11.6 Å². The molecule has 0 bridgehead atoms. The van der Waals surface area contributed by atoms with Crippen molar-refractivity contribution in [3.8, 4) is 0 Å². The summed E-state index contributed by atoms with van der Waals surface area (Å²) in [5.41, 5.74) is 6.56. The monoisotopic (exact) mass is 254 g/mol. The van der Waals surface area contributed by atoms with E-state index in [1.165, 1.54) is 18.6 Å². The van der Waals surface area contributed by atoms with E-state index in [2.05, 4.69) is 4.90 Å². The number of halogens is 2. The molecule has 1 aromatic carbocycles. The van der Waals surface area contributed by atoms with Gasteiger partial charge < -0.3 is 10.6 Å². The molecule has 0 spiro atoms. The molecule has 0 heterocycles. The first kappa shape index (κ1) is 13.4. The molecular formula is C14H20F2N2. The maximum atomic E-state index is 13.5. The van der Waals surface area contributed by atoms with Crippen LogP contribution in [0, 0.1) is 17.0 Å². The quantitative estimate of drug-likeness (QED) is 0.875. The van der Waals surface area contributed by atoms with Crippen LogP contribution in [0.2, 0.25) is 0 Å². The Bertz CT molecular complexity index is 411. The zero-order valence-electron chi connectivity index (χ0n) is 10.8. The number of benzene rings is 1. The van der Waals surface area contributed by atoms with Crippen LogP contribution in [0.1, 0.15) is 24.8 Å². The Hall–Kier alpha value is -1.00. The van der Waals surface area contributed by atoms with Gasteiger partial charge in [0.1, 0.15) is 11.6 Å². The van der Waals surface area contributed by atoms with E-state index >= 15 is 0 Å². The molecule has 1 aromatic rings. The molecule has 100 valence electrons. The maximum absolute atomic E-state index is 13.5. The summed E-state index contributed by atoms with van der Waals surface area (Å²) in [7, 11) is 1.96. The highest BCUT2D eigenvalue weighted by Crippen LogP contribution is 2.40. The highest BCUT2D eigenvalue weighted by molar-refractivity contribution is 5.18. The lowest BCUT2D eigenvalue weighted by molar-refractivity contribution is 0.0840. The van der Waals surface area contributed by atoms with Crippen LogP contribution >= 0.6 is 0 Å². The fraction of sp³-hybridized carbons (Fsp3) is 0.571. The lowest BCUT2D eigenvalue weighted by Crippen LogP contribution is -2.45. The van der Waals surface area contributed by atoms with Gasteiger partial charge in [-0.1, -0.05) is 12.5 Å². The molecule has 0 radical (unpaired) electrons. The number of rotatable bonds is 5. The van der Waals surface area contributed by atoms with E-state index in [1.807, 2.05) is 7.05 Å². The maximum Gasteiger partial charge on any atom is 0.130 e. The summed E-state index contributed by atoms with van der Waals surface area (Å²) in [4.78, 5) is 2.07. The highest BCUT2D eigenvalue weighted by Gasteiger charge is 2.36. The molecule has 1 fully saturated rings. The number of hydrogen-bond acceptors (Lipinski definition) is 2. The summed E-state index contributed by atoms with van der Waals surface area (Å²) in [6.45, 7) is 2.05. The lowest BCUT2D eigenvalue weighted by atomic mass is 9.68. The van der Waals surface area contributed by atoms with Gasteiger partial charge in [-0.2, -0.15) is 0 Å². The van der Waals surface area contributed by atoms with Gasteiger partial charge in [-0.15, -0.1) is 0 Å². The van der Waals surface area contributed by atoms with Crippen molar-refractivity contribution in [3.63, 3.8) is 0 Å². The predicted octanol–water partition coefficient (Wildman–Crippen LogP) is 2.53. The van der Waals surface area contributed by atoms with Gasteiger partial charge in [-0.05, 0) is 37.9 Å². The Morgan fingerprint density at radius 1 is 1.33 bits per heavy atom. The van der Waals surface area contributed by atoms with Gasteiger partial charge in [0.05, 0.1) is 0 Å². The Labute approximate surface area is 107 Å². The Morgan fingerprint density at radius 3 is 2.56 bits per heavy atom. The molecular weight excluding hydrogens is 234 g/mol. The third-order valence-corrected chi connectivity index (χ3v) is 3.91. The number of hydrogen-bond donors (Lipinski definition) is 1. The normalized spacial score (nSPS) is 17.8. The van der Waals surface area contributed by atoms with Crippen LogP contribution in [0.5, 0.6) is 0 Å². The standard InChI is InChI=1S/C14H20F2N2/c1-18(10-14(9-17)5-2-6-14)8-11-3-4-12(15)7-13(11)16/h3-4,7H,2,5-6,8-10,17H2,1H3. The van der Waals surface area contributed by atoms with Crippen molar-refractivity contribution in [3.05, 3.63) is 35.4 Å². The Kier molecular flexibility index (Phi) is 3.97. The second-order valence-corrected chi connectivity index (χ2v) is 5.47. The van der Waals surface area contributed by atoms with Crippen LogP contribution in [0.25, 0.3) is 0 Å². The Morgan fingerprint density at radius 2 is 2.06 bits per heavy atom. The average Bonchev–Trinajstić information content (AvgIpc) is 2.27. The molecule has 4 heteroatoms.